The van der Waals surface area contributed by atoms with E-state index in [1.165, 1.54) is 0 Å². The van der Waals surface area contributed by atoms with E-state index in [4.69, 9.17) is 13.9 Å². The minimum Gasteiger partial charge on any atom is -0.493 e. The largest absolute Gasteiger partial charge is 0.493 e. The van der Waals surface area contributed by atoms with E-state index in [1.54, 1.807) is 19.1 Å². The van der Waals surface area contributed by atoms with Crippen LogP contribution < -0.4 is 9.47 Å². The Balaban J connectivity index is 2.62. The molecule has 1 heterocycles. The van der Waals surface area contributed by atoms with Crippen molar-refractivity contribution in [2.45, 2.75) is 20.8 Å². The Hall–Kier alpha value is -2.17. The van der Waals surface area contributed by atoms with Gasteiger partial charge in [0.2, 0.25) is 5.75 Å². The minimum absolute atomic E-state index is 0.102. The molecule has 0 bridgehead atoms. The first-order valence-corrected chi connectivity index (χ1v) is 7.02. The van der Waals surface area contributed by atoms with Crippen molar-refractivity contribution in [2.75, 3.05) is 27.3 Å². The van der Waals surface area contributed by atoms with E-state index in [1.807, 2.05) is 32.9 Å². The third-order valence-corrected chi connectivity index (χ3v) is 3.69. The molecule has 2 aromatic rings. The van der Waals surface area contributed by atoms with Crippen LogP contribution >= 0.6 is 0 Å². The molecule has 0 unspecified atom stereocenters. The zero-order valence-corrected chi connectivity index (χ0v) is 13.1. The second kappa shape index (κ2) is 6.08. The minimum atomic E-state index is -0.102. The highest BCUT2D eigenvalue weighted by molar-refractivity contribution is 6.00. The van der Waals surface area contributed by atoms with Gasteiger partial charge in [0, 0.05) is 24.0 Å². The summed E-state index contributed by atoms with van der Waals surface area (Å²) in [5.41, 5.74) is 1.37. The van der Waals surface area contributed by atoms with Crippen LogP contribution in [0.25, 0.3) is 11.0 Å². The number of amides is 1. The summed E-state index contributed by atoms with van der Waals surface area (Å²) in [4.78, 5) is 14.2. The van der Waals surface area contributed by atoms with Gasteiger partial charge in [-0.3, -0.25) is 4.79 Å². The van der Waals surface area contributed by atoms with E-state index in [2.05, 4.69) is 0 Å². The highest BCUT2D eigenvalue weighted by Gasteiger charge is 2.24. The molecule has 0 saturated carbocycles. The average molecular weight is 291 g/mol. The Bertz CT molecular complexity index is 656. The van der Waals surface area contributed by atoms with E-state index in [0.29, 0.717) is 35.9 Å². The van der Waals surface area contributed by atoms with E-state index in [-0.39, 0.29) is 5.91 Å². The van der Waals surface area contributed by atoms with Crippen LogP contribution in [0.15, 0.2) is 16.5 Å². The molecule has 0 aliphatic rings. The summed E-state index contributed by atoms with van der Waals surface area (Å²) in [6, 6.07) is 3.70. The number of methoxy groups -OCH3 is 2. The van der Waals surface area contributed by atoms with Crippen molar-refractivity contribution in [1.29, 1.82) is 0 Å². The molecule has 5 heteroatoms. The number of carbonyl (C=O) groups excluding carboxylic acids is 1. The first kappa shape index (κ1) is 15.2. The second-order valence-electron chi connectivity index (χ2n) is 4.71. The van der Waals surface area contributed by atoms with Crippen LogP contribution in [-0.2, 0) is 0 Å². The van der Waals surface area contributed by atoms with Crippen molar-refractivity contribution in [1.82, 2.24) is 4.90 Å². The summed E-state index contributed by atoms with van der Waals surface area (Å²) in [5, 5.41) is 0.864. The molecule has 0 atom stereocenters. The van der Waals surface area contributed by atoms with Crippen molar-refractivity contribution >= 4 is 16.9 Å². The van der Waals surface area contributed by atoms with Crippen LogP contribution in [0, 0.1) is 6.92 Å². The number of ether oxygens (including phenoxy) is 2. The molecule has 0 spiro atoms. The van der Waals surface area contributed by atoms with Crippen LogP contribution in [0.4, 0.5) is 0 Å². The number of hydrogen-bond acceptors (Lipinski definition) is 4. The van der Waals surface area contributed by atoms with Gasteiger partial charge < -0.3 is 18.8 Å². The molecule has 114 valence electrons. The van der Waals surface area contributed by atoms with Gasteiger partial charge in [-0.05, 0) is 32.9 Å². The van der Waals surface area contributed by atoms with E-state index < -0.39 is 0 Å². The summed E-state index contributed by atoms with van der Waals surface area (Å²) >= 11 is 0. The number of benzene rings is 1. The molecule has 0 fully saturated rings. The van der Waals surface area contributed by atoms with Gasteiger partial charge in [-0.1, -0.05) is 0 Å². The van der Waals surface area contributed by atoms with Gasteiger partial charge in [0.15, 0.2) is 17.1 Å². The number of carbonyl (C=O) groups is 1. The first-order valence-electron chi connectivity index (χ1n) is 7.02. The van der Waals surface area contributed by atoms with Gasteiger partial charge in [-0.2, -0.15) is 0 Å². The summed E-state index contributed by atoms with van der Waals surface area (Å²) < 4.78 is 16.4. The van der Waals surface area contributed by atoms with Gasteiger partial charge in [-0.15, -0.1) is 0 Å². The number of aryl methyl sites for hydroxylation is 1. The van der Waals surface area contributed by atoms with Gasteiger partial charge in [0.05, 0.1) is 14.2 Å². The predicted molar refractivity (Wildman–Crippen MR) is 81.3 cm³/mol. The summed E-state index contributed by atoms with van der Waals surface area (Å²) in [6.45, 7) is 7.07. The number of hydrogen-bond donors (Lipinski definition) is 0. The van der Waals surface area contributed by atoms with Gasteiger partial charge >= 0.3 is 0 Å². The molecular weight excluding hydrogens is 270 g/mol. The Labute approximate surface area is 124 Å². The molecule has 0 aliphatic carbocycles. The smallest absolute Gasteiger partial charge is 0.289 e. The fourth-order valence-electron chi connectivity index (χ4n) is 2.45. The van der Waals surface area contributed by atoms with Crippen molar-refractivity contribution in [3.8, 4) is 11.5 Å². The zero-order chi connectivity index (χ0) is 15.6. The summed E-state index contributed by atoms with van der Waals surface area (Å²) in [7, 11) is 3.13. The molecule has 0 radical (unpaired) electrons. The summed E-state index contributed by atoms with van der Waals surface area (Å²) in [6.07, 6.45) is 0. The monoisotopic (exact) mass is 291 g/mol. The van der Waals surface area contributed by atoms with Crippen molar-refractivity contribution in [3.05, 3.63) is 23.5 Å². The maximum absolute atomic E-state index is 12.5. The Morgan fingerprint density at radius 2 is 1.86 bits per heavy atom. The van der Waals surface area contributed by atoms with Crippen LogP contribution in [-0.4, -0.2) is 38.1 Å². The highest BCUT2D eigenvalue weighted by Crippen LogP contribution is 2.39. The number of nitrogens with zero attached hydrogens (tertiary/aromatic N) is 1. The zero-order valence-electron chi connectivity index (χ0n) is 13.1. The molecule has 2 rings (SSSR count). The summed E-state index contributed by atoms with van der Waals surface area (Å²) in [5.74, 6) is 1.35. The fraction of sp³-hybridized carbons (Fsp3) is 0.438. The van der Waals surface area contributed by atoms with Crippen molar-refractivity contribution in [2.24, 2.45) is 0 Å². The Kier molecular flexibility index (Phi) is 4.40. The molecule has 1 amide bonds. The molecule has 5 nitrogen and oxygen atoms in total. The second-order valence-corrected chi connectivity index (χ2v) is 4.71. The highest BCUT2D eigenvalue weighted by atomic mass is 16.5. The van der Waals surface area contributed by atoms with E-state index in [0.717, 1.165) is 10.9 Å². The molecule has 1 aromatic carbocycles. The number of furan rings is 1. The lowest BCUT2D eigenvalue weighted by Crippen LogP contribution is -2.30. The van der Waals surface area contributed by atoms with Crippen LogP contribution in [0.2, 0.25) is 0 Å². The lowest BCUT2D eigenvalue weighted by Gasteiger charge is -2.17. The van der Waals surface area contributed by atoms with Crippen LogP contribution in [0.1, 0.15) is 30.0 Å². The standard InChI is InChI=1S/C16H21NO4/c1-6-17(7-2)16(18)13-10(3)11-8-9-12(19-4)15(20-5)14(11)21-13/h8-9H,6-7H2,1-5H3. The fourth-order valence-corrected chi connectivity index (χ4v) is 2.45. The number of rotatable bonds is 5. The van der Waals surface area contributed by atoms with Gasteiger partial charge in [0.25, 0.3) is 5.91 Å². The average Bonchev–Trinajstić information content (AvgIpc) is 2.84. The molecule has 0 aliphatic heterocycles. The predicted octanol–water partition coefficient (Wildman–Crippen LogP) is 3.24. The quantitative estimate of drug-likeness (QED) is 0.848. The maximum atomic E-state index is 12.5. The van der Waals surface area contributed by atoms with Gasteiger partial charge in [-0.25, -0.2) is 0 Å². The van der Waals surface area contributed by atoms with Crippen LogP contribution in [0.3, 0.4) is 0 Å². The lowest BCUT2D eigenvalue weighted by atomic mass is 10.1. The molecule has 0 N–H and O–H groups in total. The normalized spacial score (nSPS) is 10.7. The molecular formula is C16H21NO4. The molecule has 0 saturated heterocycles. The van der Waals surface area contributed by atoms with Crippen molar-refractivity contribution < 1.29 is 18.7 Å². The number of fused-ring (bicyclic) bond motifs is 1. The third-order valence-electron chi connectivity index (χ3n) is 3.69. The van der Waals surface area contributed by atoms with Crippen molar-refractivity contribution in [3.63, 3.8) is 0 Å². The topological polar surface area (TPSA) is 51.9 Å². The van der Waals surface area contributed by atoms with E-state index in [9.17, 15) is 4.79 Å². The van der Waals surface area contributed by atoms with Gasteiger partial charge in [0.1, 0.15) is 0 Å². The third kappa shape index (κ3) is 2.44. The molecule has 21 heavy (non-hydrogen) atoms. The Morgan fingerprint density at radius 3 is 2.38 bits per heavy atom. The maximum Gasteiger partial charge on any atom is 0.289 e. The molecule has 1 aromatic heterocycles. The lowest BCUT2D eigenvalue weighted by molar-refractivity contribution is 0.0742. The van der Waals surface area contributed by atoms with E-state index >= 15 is 0 Å². The first-order chi connectivity index (χ1) is 10.1. The Morgan fingerprint density at radius 1 is 1.19 bits per heavy atom. The van der Waals surface area contributed by atoms with Crippen LogP contribution in [0.5, 0.6) is 11.5 Å². The SMILES string of the molecule is CCN(CC)C(=O)c1oc2c(OC)c(OC)ccc2c1C.